The molecule has 1 heterocycles. The van der Waals surface area contributed by atoms with Crippen molar-refractivity contribution in [2.24, 2.45) is 0 Å². The van der Waals surface area contributed by atoms with E-state index >= 15 is 0 Å². The fourth-order valence-corrected chi connectivity index (χ4v) is 3.23. The van der Waals surface area contributed by atoms with Gasteiger partial charge in [0.05, 0.1) is 12.2 Å². The van der Waals surface area contributed by atoms with Crippen LogP contribution in [-0.4, -0.2) is 23.1 Å². The standard InChI is InChI=1S/C22H23ClFN3O2/c1-4-19-20(23)22(27-13-26-19)25-9-10-28-21-14(2)11-18(12-15(21)3)29-17-7-5-16(24)6-8-17/h5-8,11-13H,4,9-10H2,1-3H3,(H,25,26,27). The highest BCUT2D eigenvalue weighted by Crippen LogP contribution is 2.31. The predicted octanol–water partition coefficient (Wildman–Crippen LogP) is 5.73. The number of rotatable bonds is 8. The van der Waals surface area contributed by atoms with E-state index in [9.17, 15) is 4.39 Å². The first-order valence-corrected chi connectivity index (χ1v) is 9.76. The highest BCUT2D eigenvalue weighted by atomic mass is 35.5. The third-order valence-corrected chi connectivity index (χ3v) is 4.72. The zero-order chi connectivity index (χ0) is 20.8. The third-order valence-electron chi connectivity index (χ3n) is 4.32. The Morgan fingerprint density at radius 1 is 1.03 bits per heavy atom. The van der Waals surface area contributed by atoms with Gasteiger partial charge in [-0.15, -0.1) is 0 Å². The SMILES string of the molecule is CCc1ncnc(NCCOc2c(C)cc(Oc3ccc(F)cc3)cc2C)c1Cl. The van der Waals surface area contributed by atoms with Crippen LogP contribution in [0, 0.1) is 19.7 Å². The first-order valence-electron chi connectivity index (χ1n) is 9.38. The molecule has 0 unspecified atom stereocenters. The maximum atomic E-state index is 13.0. The van der Waals surface area contributed by atoms with Gasteiger partial charge < -0.3 is 14.8 Å². The van der Waals surface area contributed by atoms with Crippen molar-refractivity contribution < 1.29 is 13.9 Å². The Labute approximate surface area is 174 Å². The van der Waals surface area contributed by atoms with Crippen LogP contribution in [0.25, 0.3) is 0 Å². The molecule has 29 heavy (non-hydrogen) atoms. The smallest absolute Gasteiger partial charge is 0.148 e. The van der Waals surface area contributed by atoms with Crippen LogP contribution in [-0.2, 0) is 6.42 Å². The molecule has 1 N–H and O–H groups in total. The van der Waals surface area contributed by atoms with Crippen LogP contribution in [0.15, 0.2) is 42.7 Å². The second-order valence-electron chi connectivity index (χ2n) is 6.55. The zero-order valence-corrected chi connectivity index (χ0v) is 17.4. The topological polar surface area (TPSA) is 56.3 Å². The summed E-state index contributed by atoms with van der Waals surface area (Å²) in [4.78, 5) is 8.33. The number of anilines is 1. The van der Waals surface area contributed by atoms with E-state index in [1.807, 2.05) is 32.9 Å². The predicted molar refractivity (Wildman–Crippen MR) is 113 cm³/mol. The molecule has 0 aliphatic rings. The van der Waals surface area contributed by atoms with Crippen LogP contribution in [0.1, 0.15) is 23.7 Å². The number of hydrogen-bond acceptors (Lipinski definition) is 5. The number of nitrogens with zero attached hydrogens (tertiary/aromatic N) is 2. The molecule has 0 bridgehead atoms. The Kier molecular flexibility index (Phi) is 6.88. The summed E-state index contributed by atoms with van der Waals surface area (Å²) in [5.41, 5.74) is 2.72. The molecule has 2 aromatic carbocycles. The second-order valence-corrected chi connectivity index (χ2v) is 6.93. The molecule has 5 nitrogen and oxygen atoms in total. The molecular formula is C22H23ClFN3O2. The molecule has 0 spiro atoms. The van der Waals surface area contributed by atoms with Crippen LogP contribution in [0.2, 0.25) is 5.02 Å². The summed E-state index contributed by atoms with van der Waals surface area (Å²) >= 11 is 6.28. The lowest BCUT2D eigenvalue weighted by Gasteiger charge is -2.15. The molecule has 0 aliphatic heterocycles. The van der Waals surface area contributed by atoms with Crippen LogP contribution in [0.4, 0.5) is 10.2 Å². The average molecular weight is 416 g/mol. The molecule has 0 saturated heterocycles. The van der Waals surface area contributed by atoms with E-state index in [4.69, 9.17) is 21.1 Å². The van der Waals surface area contributed by atoms with Crippen LogP contribution >= 0.6 is 11.6 Å². The van der Waals surface area contributed by atoms with Crippen molar-refractivity contribution in [3.8, 4) is 17.2 Å². The molecule has 3 rings (SSSR count). The van der Waals surface area contributed by atoms with E-state index in [0.717, 1.165) is 29.0 Å². The van der Waals surface area contributed by atoms with Crippen LogP contribution < -0.4 is 14.8 Å². The quantitative estimate of drug-likeness (QED) is 0.476. The third kappa shape index (κ3) is 5.35. The maximum Gasteiger partial charge on any atom is 0.148 e. The fourth-order valence-electron chi connectivity index (χ4n) is 2.93. The summed E-state index contributed by atoms with van der Waals surface area (Å²) in [6.07, 6.45) is 2.25. The molecule has 152 valence electrons. The summed E-state index contributed by atoms with van der Waals surface area (Å²) in [6, 6.07) is 9.72. The Bertz CT molecular complexity index is 957. The molecule has 0 atom stereocenters. The number of nitrogens with one attached hydrogen (secondary N) is 1. The second kappa shape index (κ2) is 9.56. The van der Waals surface area contributed by atoms with Crippen molar-refractivity contribution >= 4 is 17.4 Å². The molecule has 0 saturated carbocycles. The highest BCUT2D eigenvalue weighted by molar-refractivity contribution is 6.33. The minimum Gasteiger partial charge on any atom is -0.491 e. The monoisotopic (exact) mass is 415 g/mol. The molecule has 7 heteroatoms. The van der Waals surface area contributed by atoms with Gasteiger partial charge in [0.15, 0.2) is 0 Å². The summed E-state index contributed by atoms with van der Waals surface area (Å²) in [5, 5.41) is 3.73. The maximum absolute atomic E-state index is 13.0. The molecular weight excluding hydrogens is 393 g/mol. The van der Waals surface area contributed by atoms with Gasteiger partial charge in [-0.2, -0.15) is 0 Å². The van der Waals surface area contributed by atoms with Gasteiger partial charge in [0, 0.05) is 0 Å². The average Bonchev–Trinajstić information content (AvgIpc) is 2.69. The van der Waals surface area contributed by atoms with E-state index in [0.29, 0.717) is 35.5 Å². The van der Waals surface area contributed by atoms with Crippen molar-refractivity contribution in [1.82, 2.24) is 9.97 Å². The number of halogens is 2. The van der Waals surface area contributed by atoms with Gasteiger partial charge >= 0.3 is 0 Å². The minimum absolute atomic E-state index is 0.295. The Hall–Kier alpha value is -2.86. The summed E-state index contributed by atoms with van der Waals surface area (Å²) in [5.74, 6) is 2.38. The zero-order valence-electron chi connectivity index (χ0n) is 16.6. The minimum atomic E-state index is -0.295. The van der Waals surface area contributed by atoms with Crippen molar-refractivity contribution in [3.05, 3.63) is 70.4 Å². The lowest BCUT2D eigenvalue weighted by Crippen LogP contribution is -2.14. The van der Waals surface area contributed by atoms with Gasteiger partial charge in [-0.25, -0.2) is 14.4 Å². The molecule has 0 aliphatic carbocycles. The largest absolute Gasteiger partial charge is 0.491 e. The van der Waals surface area contributed by atoms with Gasteiger partial charge in [-0.3, -0.25) is 0 Å². The van der Waals surface area contributed by atoms with Crippen LogP contribution in [0.5, 0.6) is 17.2 Å². The van der Waals surface area contributed by atoms with Crippen molar-refractivity contribution in [3.63, 3.8) is 0 Å². The van der Waals surface area contributed by atoms with Crippen molar-refractivity contribution in [2.45, 2.75) is 27.2 Å². The molecule has 0 amide bonds. The fraction of sp³-hybridized carbons (Fsp3) is 0.273. The Morgan fingerprint density at radius 2 is 1.72 bits per heavy atom. The van der Waals surface area contributed by atoms with Crippen LogP contribution in [0.3, 0.4) is 0 Å². The van der Waals surface area contributed by atoms with E-state index in [2.05, 4.69) is 15.3 Å². The summed E-state index contributed by atoms with van der Waals surface area (Å²) < 4.78 is 24.8. The van der Waals surface area contributed by atoms with E-state index in [1.165, 1.54) is 18.5 Å². The molecule has 3 aromatic rings. The molecule has 0 radical (unpaired) electrons. The Balaban J connectivity index is 1.59. The summed E-state index contributed by atoms with van der Waals surface area (Å²) in [6.45, 7) is 6.91. The number of ether oxygens (including phenoxy) is 2. The number of hydrogen-bond donors (Lipinski definition) is 1. The number of aryl methyl sites for hydroxylation is 3. The van der Waals surface area contributed by atoms with Gasteiger partial charge in [0.1, 0.15) is 46.8 Å². The highest BCUT2D eigenvalue weighted by Gasteiger charge is 2.10. The van der Waals surface area contributed by atoms with E-state index in [-0.39, 0.29) is 5.82 Å². The number of benzene rings is 2. The Morgan fingerprint density at radius 3 is 2.38 bits per heavy atom. The summed E-state index contributed by atoms with van der Waals surface area (Å²) in [7, 11) is 0. The lowest BCUT2D eigenvalue weighted by molar-refractivity contribution is 0.327. The molecule has 0 fully saturated rings. The van der Waals surface area contributed by atoms with E-state index < -0.39 is 0 Å². The van der Waals surface area contributed by atoms with Gasteiger partial charge in [0.2, 0.25) is 0 Å². The molecule has 1 aromatic heterocycles. The first-order chi connectivity index (χ1) is 14.0. The number of aromatic nitrogens is 2. The lowest BCUT2D eigenvalue weighted by atomic mass is 10.1. The first kappa shape index (κ1) is 20.9. The van der Waals surface area contributed by atoms with Gasteiger partial charge in [-0.1, -0.05) is 18.5 Å². The van der Waals surface area contributed by atoms with Crippen molar-refractivity contribution in [2.75, 3.05) is 18.5 Å². The van der Waals surface area contributed by atoms with Crippen molar-refractivity contribution in [1.29, 1.82) is 0 Å². The van der Waals surface area contributed by atoms with Gasteiger partial charge in [-0.05, 0) is 67.8 Å². The normalized spacial score (nSPS) is 10.7. The van der Waals surface area contributed by atoms with Gasteiger partial charge in [0.25, 0.3) is 0 Å². The van der Waals surface area contributed by atoms with E-state index in [1.54, 1.807) is 12.1 Å².